The van der Waals surface area contributed by atoms with Crippen LogP contribution in [-0.2, 0) is 14.8 Å². The number of nitrogens with zero attached hydrogens (tertiary/aromatic N) is 2. The molecule has 0 bridgehead atoms. The van der Waals surface area contributed by atoms with Gasteiger partial charge in [0.15, 0.2) is 0 Å². The Morgan fingerprint density at radius 1 is 1.41 bits per heavy atom. The van der Waals surface area contributed by atoms with Crippen molar-refractivity contribution in [1.82, 2.24) is 5.32 Å². The molecule has 1 N–H and O–H groups in total. The fourth-order valence-corrected chi connectivity index (χ4v) is 2.75. The fourth-order valence-electron chi connectivity index (χ4n) is 1.83. The molecule has 0 fully saturated rings. The van der Waals surface area contributed by atoms with E-state index < -0.39 is 10.0 Å². The lowest BCUT2D eigenvalue weighted by molar-refractivity contribution is -0.121. The average Bonchev–Trinajstić information content (AvgIpc) is 2.44. The quantitative estimate of drug-likeness (QED) is 0.823. The van der Waals surface area contributed by atoms with Gasteiger partial charge in [-0.2, -0.15) is 5.26 Å². The van der Waals surface area contributed by atoms with Crippen LogP contribution in [0.25, 0.3) is 0 Å². The standard InChI is InChI=1S/C15H21N3O3S/c1-12(2)11-17-15(19)7-8-18(22(3,20)21)14-6-4-5-13(9-14)10-16/h4-6,9,12H,7-8,11H2,1-3H3,(H,17,19). The predicted octanol–water partition coefficient (Wildman–Crippen LogP) is 1.49. The maximum absolute atomic E-state index is 11.9. The third kappa shape index (κ3) is 5.74. The van der Waals surface area contributed by atoms with Crippen molar-refractivity contribution >= 4 is 21.6 Å². The molecule has 7 heteroatoms. The van der Waals surface area contributed by atoms with Crippen molar-refractivity contribution in [2.75, 3.05) is 23.7 Å². The highest BCUT2D eigenvalue weighted by molar-refractivity contribution is 7.92. The molecule has 0 aliphatic carbocycles. The first-order chi connectivity index (χ1) is 10.2. The molecule has 1 aromatic rings. The predicted molar refractivity (Wildman–Crippen MR) is 85.8 cm³/mol. The molecule has 0 spiro atoms. The van der Waals surface area contributed by atoms with Gasteiger partial charge in [-0.1, -0.05) is 19.9 Å². The van der Waals surface area contributed by atoms with Gasteiger partial charge in [0.1, 0.15) is 0 Å². The Hall–Kier alpha value is -2.07. The summed E-state index contributed by atoms with van der Waals surface area (Å²) in [5.41, 5.74) is 0.758. The summed E-state index contributed by atoms with van der Waals surface area (Å²) in [4.78, 5) is 11.7. The lowest BCUT2D eigenvalue weighted by Gasteiger charge is -2.22. The van der Waals surface area contributed by atoms with Gasteiger partial charge in [-0.05, 0) is 24.1 Å². The van der Waals surface area contributed by atoms with Crippen LogP contribution in [0.15, 0.2) is 24.3 Å². The van der Waals surface area contributed by atoms with E-state index in [0.717, 1.165) is 10.6 Å². The minimum atomic E-state index is -3.53. The molecule has 120 valence electrons. The second-order valence-electron chi connectivity index (χ2n) is 5.45. The van der Waals surface area contributed by atoms with Gasteiger partial charge in [-0.15, -0.1) is 0 Å². The third-order valence-corrected chi connectivity index (χ3v) is 4.11. The smallest absolute Gasteiger partial charge is 0.232 e. The van der Waals surface area contributed by atoms with Crippen LogP contribution < -0.4 is 9.62 Å². The number of hydrogen-bond donors (Lipinski definition) is 1. The molecule has 1 rings (SSSR count). The topological polar surface area (TPSA) is 90.3 Å². The zero-order valence-corrected chi connectivity index (χ0v) is 13.9. The summed E-state index contributed by atoms with van der Waals surface area (Å²) in [5.74, 6) is 0.140. The summed E-state index contributed by atoms with van der Waals surface area (Å²) in [7, 11) is -3.53. The molecule has 1 aromatic carbocycles. The number of nitriles is 1. The van der Waals surface area contributed by atoms with E-state index in [0.29, 0.717) is 23.7 Å². The summed E-state index contributed by atoms with van der Waals surface area (Å²) < 4.78 is 25.0. The van der Waals surface area contributed by atoms with Crippen LogP contribution in [0.4, 0.5) is 5.69 Å². The number of anilines is 1. The van der Waals surface area contributed by atoms with Gasteiger partial charge in [0, 0.05) is 19.5 Å². The van der Waals surface area contributed by atoms with E-state index in [-0.39, 0.29) is 18.9 Å². The van der Waals surface area contributed by atoms with Crippen molar-refractivity contribution in [3.63, 3.8) is 0 Å². The van der Waals surface area contributed by atoms with Crippen LogP contribution in [0.2, 0.25) is 0 Å². The Morgan fingerprint density at radius 2 is 2.09 bits per heavy atom. The van der Waals surface area contributed by atoms with E-state index in [9.17, 15) is 13.2 Å². The minimum Gasteiger partial charge on any atom is -0.356 e. The van der Waals surface area contributed by atoms with E-state index in [1.165, 1.54) is 6.07 Å². The monoisotopic (exact) mass is 323 g/mol. The van der Waals surface area contributed by atoms with Crippen molar-refractivity contribution in [1.29, 1.82) is 5.26 Å². The molecule has 0 aliphatic rings. The molecule has 1 amide bonds. The SMILES string of the molecule is CC(C)CNC(=O)CCN(c1cccc(C#N)c1)S(C)(=O)=O. The van der Waals surface area contributed by atoms with Crippen molar-refractivity contribution < 1.29 is 13.2 Å². The highest BCUT2D eigenvalue weighted by atomic mass is 32.2. The Morgan fingerprint density at radius 3 is 2.64 bits per heavy atom. The molecule has 0 unspecified atom stereocenters. The van der Waals surface area contributed by atoms with E-state index >= 15 is 0 Å². The van der Waals surface area contributed by atoms with Crippen molar-refractivity contribution in [2.24, 2.45) is 5.92 Å². The maximum Gasteiger partial charge on any atom is 0.232 e. The van der Waals surface area contributed by atoms with Crippen molar-refractivity contribution in [3.8, 4) is 6.07 Å². The van der Waals surface area contributed by atoms with Crippen LogP contribution >= 0.6 is 0 Å². The number of nitrogens with one attached hydrogen (secondary N) is 1. The molecular weight excluding hydrogens is 302 g/mol. The Kier molecular flexibility index (Phi) is 6.38. The molecular formula is C15H21N3O3S. The molecule has 0 saturated heterocycles. The average molecular weight is 323 g/mol. The van der Waals surface area contributed by atoms with Gasteiger partial charge in [0.2, 0.25) is 15.9 Å². The summed E-state index contributed by atoms with van der Waals surface area (Å²) in [6.45, 7) is 4.56. The van der Waals surface area contributed by atoms with Gasteiger partial charge < -0.3 is 5.32 Å². The maximum atomic E-state index is 11.9. The highest BCUT2D eigenvalue weighted by Gasteiger charge is 2.19. The van der Waals surface area contributed by atoms with Gasteiger partial charge in [0.05, 0.1) is 23.6 Å². The number of benzene rings is 1. The lowest BCUT2D eigenvalue weighted by Crippen LogP contribution is -2.35. The molecule has 0 atom stereocenters. The fraction of sp³-hybridized carbons (Fsp3) is 0.467. The van der Waals surface area contributed by atoms with E-state index in [2.05, 4.69) is 5.32 Å². The first-order valence-electron chi connectivity index (χ1n) is 6.98. The highest BCUT2D eigenvalue weighted by Crippen LogP contribution is 2.19. The molecule has 0 aliphatic heterocycles. The molecule has 0 heterocycles. The first kappa shape index (κ1) is 18.0. The van der Waals surface area contributed by atoms with Crippen molar-refractivity contribution in [2.45, 2.75) is 20.3 Å². The van der Waals surface area contributed by atoms with Crippen LogP contribution in [0.5, 0.6) is 0 Å². The molecule has 0 radical (unpaired) electrons. The summed E-state index contributed by atoms with van der Waals surface area (Å²) in [6.07, 6.45) is 1.15. The zero-order valence-electron chi connectivity index (χ0n) is 13.0. The lowest BCUT2D eigenvalue weighted by atomic mass is 10.2. The van der Waals surface area contributed by atoms with Crippen LogP contribution in [0.1, 0.15) is 25.8 Å². The molecule has 6 nitrogen and oxygen atoms in total. The van der Waals surface area contributed by atoms with E-state index in [1.807, 2.05) is 19.9 Å². The number of amides is 1. The van der Waals surface area contributed by atoms with Gasteiger partial charge >= 0.3 is 0 Å². The Labute approximate surface area is 131 Å². The Balaban J connectivity index is 2.83. The normalized spacial score (nSPS) is 11.0. The van der Waals surface area contributed by atoms with Crippen LogP contribution in [0.3, 0.4) is 0 Å². The van der Waals surface area contributed by atoms with Gasteiger partial charge in [0.25, 0.3) is 0 Å². The van der Waals surface area contributed by atoms with E-state index in [1.54, 1.807) is 18.2 Å². The van der Waals surface area contributed by atoms with E-state index in [4.69, 9.17) is 5.26 Å². The van der Waals surface area contributed by atoms with Crippen molar-refractivity contribution in [3.05, 3.63) is 29.8 Å². The number of carbonyl (C=O) groups is 1. The largest absolute Gasteiger partial charge is 0.356 e. The number of rotatable bonds is 7. The molecule has 22 heavy (non-hydrogen) atoms. The second kappa shape index (κ2) is 7.80. The zero-order chi connectivity index (χ0) is 16.8. The second-order valence-corrected chi connectivity index (χ2v) is 7.35. The summed E-state index contributed by atoms with van der Waals surface area (Å²) >= 11 is 0. The molecule has 0 saturated carbocycles. The van der Waals surface area contributed by atoms with Gasteiger partial charge in [-0.25, -0.2) is 8.42 Å². The summed E-state index contributed by atoms with van der Waals surface area (Å²) in [6, 6.07) is 8.28. The number of hydrogen-bond acceptors (Lipinski definition) is 4. The molecule has 0 aromatic heterocycles. The minimum absolute atomic E-state index is 0.0393. The van der Waals surface area contributed by atoms with Crippen LogP contribution in [0, 0.1) is 17.2 Å². The number of carbonyl (C=O) groups excluding carboxylic acids is 1. The number of sulfonamides is 1. The first-order valence-corrected chi connectivity index (χ1v) is 8.83. The van der Waals surface area contributed by atoms with Gasteiger partial charge in [-0.3, -0.25) is 9.10 Å². The van der Waals surface area contributed by atoms with Crippen LogP contribution in [-0.4, -0.2) is 33.7 Å². The Bertz CT molecular complexity index is 663. The summed E-state index contributed by atoms with van der Waals surface area (Å²) in [5, 5.41) is 11.7. The third-order valence-electron chi connectivity index (χ3n) is 2.91.